The fourth-order valence-corrected chi connectivity index (χ4v) is 5.36. The second-order valence-corrected chi connectivity index (χ2v) is 8.89. The summed E-state index contributed by atoms with van der Waals surface area (Å²) in [6, 6.07) is 2.28. The molecule has 1 heterocycles. The lowest BCUT2D eigenvalue weighted by Gasteiger charge is -2.16. The van der Waals surface area contributed by atoms with Crippen LogP contribution in [0.4, 0.5) is 5.69 Å². The maximum absolute atomic E-state index is 12.6. The van der Waals surface area contributed by atoms with Crippen LogP contribution in [0.1, 0.15) is 40.8 Å². The van der Waals surface area contributed by atoms with Gasteiger partial charge in [-0.1, -0.05) is 6.07 Å². The third-order valence-electron chi connectivity index (χ3n) is 5.19. The third-order valence-corrected chi connectivity index (χ3v) is 6.82. The number of carbonyl (C=O) groups is 1. The first-order chi connectivity index (χ1) is 12.5. The zero-order valence-electron chi connectivity index (χ0n) is 14.7. The number of rotatable bonds is 4. The highest BCUT2D eigenvalue weighted by atomic mass is 32.2. The fraction of sp³-hybridized carbons (Fsp3) is 0.421. The van der Waals surface area contributed by atoms with Gasteiger partial charge >= 0.3 is 0 Å². The summed E-state index contributed by atoms with van der Waals surface area (Å²) in [5.41, 5.74) is 6.15. The number of aryl methyl sites for hydroxylation is 3. The Morgan fingerprint density at radius 3 is 2.27 bits per heavy atom. The summed E-state index contributed by atoms with van der Waals surface area (Å²) in [6.07, 6.45) is 8.86. The SMILES string of the molecule is Cc1nccnc1S(=O)(=O)CC(=O)Nc1c2c(cc3c1CCC3)CCC2. The number of hydrogen-bond acceptors (Lipinski definition) is 5. The smallest absolute Gasteiger partial charge is 0.240 e. The molecule has 26 heavy (non-hydrogen) atoms. The van der Waals surface area contributed by atoms with E-state index >= 15 is 0 Å². The van der Waals surface area contributed by atoms with Crippen molar-refractivity contribution in [1.29, 1.82) is 0 Å². The Hall–Kier alpha value is -2.28. The average molecular weight is 371 g/mol. The summed E-state index contributed by atoms with van der Waals surface area (Å²) in [7, 11) is -3.82. The van der Waals surface area contributed by atoms with E-state index in [1.54, 1.807) is 6.92 Å². The molecule has 0 saturated heterocycles. The topological polar surface area (TPSA) is 89.0 Å². The largest absolute Gasteiger partial charge is 0.325 e. The maximum atomic E-state index is 12.6. The molecule has 0 aliphatic heterocycles. The Labute approximate surface area is 153 Å². The molecule has 4 rings (SSSR count). The van der Waals surface area contributed by atoms with Crippen molar-refractivity contribution in [3.05, 3.63) is 46.4 Å². The minimum Gasteiger partial charge on any atom is -0.325 e. The van der Waals surface area contributed by atoms with Crippen molar-refractivity contribution in [3.63, 3.8) is 0 Å². The lowest BCUT2D eigenvalue weighted by molar-refractivity contribution is -0.113. The molecule has 1 aromatic carbocycles. The number of hydrogen-bond donors (Lipinski definition) is 1. The second kappa shape index (κ2) is 6.46. The number of sulfone groups is 1. The summed E-state index contributed by atoms with van der Waals surface area (Å²) in [4.78, 5) is 20.4. The molecular formula is C19H21N3O3S. The molecule has 2 aromatic rings. The van der Waals surface area contributed by atoms with Crippen molar-refractivity contribution in [2.45, 2.75) is 50.5 Å². The number of anilines is 1. The summed E-state index contributed by atoms with van der Waals surface area (Å²) in [5.74, 6) is -1.13. The Morgan fingerprint density at radius 1 is 1.04 bits per heavy atom. The highest BCUT2D eigenvalue weighted by molar-refractivity contribution is 7.92. The Bertz CT molecular complexity index is 967. The number of amides is 1. The first-order valence-electron chi connectivity index (χ1n) is 8.92. The van der Waals surface area contributed by atoms with Gasteiger partial charge in [-0.2, -0.15) is 0 Å². The monoisotopic (exact) mass is 371 g/mol. The van der Waals surface area contributed by atoms with Crippen LogP contribution in [-0.2, 0) is 40.3 Å². The van der Waals surface area contributed by atoms with Gasteiger partial charge in [0, 0.05) is 18.1 Å². The van der Waals surface area contributed by atoms with E-state index in [0.717, 1.165) is 44.2 Å². The summed E-state index contributed by atoms with van der Waals surface area (Å²) < 4.78 is 25.1. The molecule has 1 aromatic heterocycles. The quantitative estimate of drug-likeness (QED) is 0.890. The summed E-state index contributed by atoms with van der Waals surface area (Å²) in [5, 5.41) is 2.80. The van der Waals surface area contributed by atoms with Crippen LogP contribution >= 0.6 is 0 Å². The molecular weight excluding hydrogens is 350 g/mol. The molecule has 6 nitrogen and oxygen atoms in total. The number of aromatic nitrogens is 2. The maximum Gasteiger partial charge on any atom is 0.240 e. The van der Waals surface area contributed by atoms with Gasteiger partial charge in [0.1, 0.15) is 5.75 Å². The normalized spacial score (nSPS) is 15.6. The van der Waals surface area contributed by atoms with Crippen LogP contribution in [0.2, 0.25) is 0 Å². The van der Waals surface area contributed by atoms with E-state index in [4.69, 9.17) is 0 Å². The molecule has 0 fully saturated rings. The number of carbonyl (C=O) groups excluding carboxylic acids is 1. The van der Waals surface area contributed by atoms with Gasteiger partial charge in [-0.15, -0.1) is 0 Å². The van der Waals surface area contributed by atoms with Gasteiger partial charge in [0.05, 0.1) is 5.69 Å². The molecule has 2 aliphatic carbocycles. The fourth-order valence-electron chi connectivity index (χ4n) is 4.08. The number of fused-ring (bicyclic) bond motifs is 2. The van der Waals surface area contributed by atoms with Crippen LogP contribution < -0.4 is 5.32 Å². The lowest BCUT2D eigenvalue weighted by Crippen LogP contribution is -2.25. The van der Waals surface area contributed by atoms with Crippen molar-refractivity contribution in [1.82, 2.24) is 9.97 Å². The van der Waals surface area contributed by atoms with E-state index < -0.39 is 21.5 Å². The Morgan fingerprint density at radius 2 is 1.65 bits per heavy atom. The highest BCUT2D eigenvalue weighted by Crippen LogP contribution is 2.38. The van der Waals surface area contributed by atoms with Crippen molar-refractivity contribution in [3.8, 4) is 0 Å². The first-order valence-corrected chi connectivity index (χ1v) is 10.6. The van der Waals surface area contributed by atoms with Gasteiger partial charge in [-0.3, -0.25) is 9.78 Å². The van der Waals surface area contributed by atoms with Gasteiger partial charge in [0.2, 0.25) is 15.7 Å². The molecule has 136 valence electrons. The van der Waals surface area contributed by atoms with Crippen molar-refractivity contribution >= 4 is 21.4 Å². The zero-order chi connectivity index (χ0) is 18.3. The molecule has 0 bridgehead atoms. The van der Waals surface area contributed by atoms with Crippen molar-refractivity contribution in [2.24, 2.45) is 0 Å². The van der Waals surface area contributed by atoms with E-state index in [9.17, 15) is 13.2 Å². The second-order valence-electron chi connectivity index (χ2n) is 6.99. The molecule has 7 heteroatoms. The summed E-state index contributed by atoms with van der Waals surface area (Å²) >= 11 is 0. The van der Waals surface area contributed by atoms with Gasteiger partial charge in [0.25, 0.3) is 0 Å². The summed E-state index contributed by atoms with van der Waals surface area (Å²) in [6.45, 7) is 1.58. The number of benzene rings is 1. The van der Waals surface area contributed by atoms with Gasteiger partial charge in [-0.05, 0) is 67.7 Å². The minimum atomic E-state index is -3.82. The molecule has 0 atom stereocenters. The van der Waals surface area contributed by atoms with E-state index in [-0.39, 0.29) is 5.03 Å². The number of nitrogens with zero attached hydrogens (tertiary/aromatic N) is 2. The lowest BCUT2D eigenvalue weighted by atomic mass is 9.98. The van der Waals surface area contributed by atoms with E-state index in [1.165, 1.54) is 34.6 Å². The van der Waals surface area contributed by atoms with Crippen molar-refractivity contribution in [2.75, 3.05) is 11.1 Å². The molecule has 0 saturated carbocycles. The van der Waals surface area contributed by atoms with Crippen LogP contribution in [0.15, 0.2) is 23.5 Å². The van der Waals surface area contributed by atoms with Crippen LogP contribution in [0.3, 0.4) is 0 Å². The number of nitrogens with one attached hydrogen (secondary N) is 1. The Balaban J connectivity index is 1.61. The van der Waals surface area contributed by atoms with E-state index in [0.29, 0.717) is 5.69 Å². The van der Waals surface area contributed by atoms with Crippen LogP contribution in [0.5, 0.6) is 0 Å². The third kappa shape index (κ3) is 3.00. The highest BCUT2D eigenvalue weighted by Gasteiger charge is 2.28. The first kappa shape index (κ1) is 17.1. The predicted molar refractivity (Wildman–Crippen MR) is 97.9 cm³/mol. The van der Waals surface area contributed by atoms with E-state index in [2.05, 4.69) is 21.4 Å². The standard InChI is InChI=1S/C19H21N3O3S/c1-12-19(21-9-8-20-12)26(24,25)11-17(23)22-18-15-6-2-4-13(15)10-14-5-3-7-16(14)18/h8-10H,2-7,11H2,1H3,(H,22,23). The molecule has 2 aliphatic rings. The molecule has 1 N–H and O–H groups in total. The van der Waals surface area contributed by atoms with Crippen LogP contribution in [0.25, 0.3) is 0 Å². The Kier molecular flexibility index (Phi) is 4.26. The van der Waals surface area contributed by atoms with Crippen LogP contribution in [0, 0.1) is 6.92 Å². The van der Waals surface area contributed by atoms with Gasteiger partial charge in [0.15, 0.2) is 5.03 Å². The predicted octanol–water partition coefficient (Wildman–Crippen LogP) is 2.17. The van der Waals surface area contributed by atoms with E-state index in [1.807, 2.05) is 0 Å². The van der Waals surface area contributed by atoms with Crippen molar-refractivity contribution < 1.29 is 13.2 Å². The van der Waals surface area contributed by atoms with Gasteiger partial charge in [-0.25, -0.2) is 13.4 Å². The van der Waals surface area contributed by atoms with Crippen LogP contribution in [-0.4, -0.2) is 30.0 Å². The van der Waals surface area contributed by atoms with Gasteiger partial charge < -0.3 is 5.32 Å². The average Bonchev–Trinajstić information content (AvgIpc) is 3.23. The zero-order valence-corrected chi connectivity index (χ0v) is 15.5. The molecule has 1 amide bonds. The minimum absolute atomic E-state index is 0.126. The molecule has 0 unspecified atom stereocenters. The molecule has 0 spiro atoms. The molecule has 0 radical (unpaired) electrons.